The number of hydrogen-bond acceptors (Lipinski definition) is 11. The fourth-order valence-electron chi connectivity index (χ4n) is 3.37. The van der Waals surface area contributed by atoms with Crippen molar-refractivity contribution in [2.75, 3.05) is 5.75 Å². The quantitative estimate of drug-likeness (QED) is 0.356. The number of nitrogens with one attached hydrogen (secondary N) is 1. The van der Waals surface area contributed by atoms with Gasteiger partial charge >= 0.3 is 5.97 Å². The molecule has 15 heteroatoms. The van der Waals surface area contributed by atoms with Crippen LogP contribution in [0.3, 0.4) is 0 Å². The van der Waals surface area contributed by atoms with Crippen LogP contribution in [0.2, 0.25) is 0 Å². The van der Waals surface area contributed by atoms with Crippen LogP contribution in [0, 0.1) is 0 Å². The number of amides is 2. The van der Waals surface area contributed by atoms with Crippen LogP contribution in [0.25, 0.3) is 0 Å². The summed E-state index contributed by atoms with van der Waals surface area (Å²) in [7, 11) is 0. The summed E-state index contributed by atoms with van der Waals surface area (Å²) in [5, 5.41) is 24.3. The van der Waals surface area contributed by atoms with E-state index in [1.165, 1.54) is 21.3 Å². The number of nitrogens with zero attached hydrogens (tertiary/aromatic N) is 5. The molecular weight excluding hydrogens is 484 g/mol. The van der Waals surface area contributed by atoms with Gasteiger partial charge in [-0.3, -0.25) is 19.3 Å². The summed E-state index contributed by atoms with van der Waals surface area (Å²) in [6, 6.07) is -0.830. The van der Waals surface area contributed by atoms with Crippen LogP contribution in [0.15, 0.2) is 21.4 Å². The number of carbonyl (C=O) groups is 3. The Hall–Kier alpha value is -2.23. The maximum Gasteiger partial charge on any atom is 0.352 e. The predicted molar refractivity (Wildman–Crippen MR) is 117 cm³/mol. The Morgan fingerprint density at radius 3 is 2.84 bits per heavy atom. The maximum atomic E-state index is 12.8. The molecule has 0 aliphatic carbocycles. The number of β-lactam (4-membered cyclic amide) rings is 1. The largest absolute Gasteiger partial charge is 0.477 e. The van der Waals surface area contributed by atoms with Gasteiger partial charge in [-0.1, -0.05) is 22.7 Å². The van der Waals surface area contributed by atoms with Gasteiger partial charge in [0, 0.05) is 22.6 Å². The molecule has 2 amide bonds. The molecule has 0 spiro atoms. The van der Waals surface area contributed by atoms with Crippen molar-refractivity contribution in [1.82, 2.24) is 30.4 Å². The average Bonchev–Trinajstić information content (AvgIpc) is 3.38. The highest BCUT2D eigenvalue weighted by Gasteiger charge is 2.54. The van der Waals surface area contributed by atoms with E-state index in [4.69, 9.17) is 0 Å². The monoisotopic (exact) mass is 500 g/mol. The van der Waals surface area contributed by atoms with Crippen molar-refractivity contribution in [2.24, 2.45) is 0 Å². The number of aryl methyl sites for hydroxylation is 1. The Morgan fingerprint density at radius 2 is 2.19 bits per heavy atom. The lowest BCUT2D eigenvalue weighted by Gasteiger charge is -2.49. The second-order valence-corrected chi connectivity index (χ2v) is 10.4. The second kappa shape index (κ2) is 8.72. The van der Waals surface area contributed by atoms with Crippen LogP contribution in [0.1, 0.15) is 22.9 Å². The van der Waals surface area contributed by atoms with Gasteiger partial charge in [0.1, 0.15) is 17.1 Å². The van der Waals surface area contributed by atoms with E-state index in [0.717, 1.165) is 22.7 Å². The van der Waals surface area contributed by atoms with Crippen LogP contribution in [0.5, 0.6) is 0 Å². The molecule has 4 rings (SSSR count). The molecule has 0 bridgehead atoms. The molecule has 4 heterocycles. The van der Waals surface area contributed by atoms with E-state index in [9.17, 15) is 24.3 Å². The zero-order valence-corrected chi connectivity index (χ0v) is 19.3. The zero-order valence-electron chi connectivity index (χ0n) is 15.9. The minimum absolute atomic E-state index is 0.00413. The summed E-state index contributed by atoms with van der Waals surface area (Å²) in [5.74, 6) is -1.47. The second-order valence-electron chi connectivity index (χ2n) is 6.62. The first-order chi connectivity index (χ1) is 14.8. The fourth-order valence-corrected chi connectivity index (χ4v) is 7.00. The zero-order chi connectivity index (χ0) is 22.3. The Bertz CT molecular complexity index is 1140. The van der Waals surface area contributed by atoms with E-state index in [-0.39, 0.29) is 16.2 Å². The van der Waals surface area contributed by atoms with E-state index < -0.39 is 34.4 Å². The van der Waals surface area contributed by atoms with Gasteiger partial charge in [-0.2, -0.15) is 12.6 Å². The highest BCUT2D eigenvalue weighted by atomic mass is 32.2. The van der Waals surface area contributed by atoms with E-state index in [1.54, 1.807) is 5.38 Å². The van der Waals surface area contributed by atoms with Crippen LogP contribution >= 0.6 is 47.1 Å². The molecule has 1 fully saturated rings. The normalized spacial score (nSPS) is 21.5. The topological polar surface area (TPSA) is 147 Å². The lowest BCUT2D eigenvalue weighted by Crippen LogP contribution is -2.70. The summed E-state index contributed by atoms with van der Waals surface area (Å²) in [4.78, 5) is 50.2. The Balaban J connectivity index is 1.53. The molecule has 11 nitrogen and oxygen atoms in total. The Labute approximate surface area is 192 Å². The van der Waals surface area contributed by atoms with Crippen LogP contribution in [0.4, 0.5) is 0 Å². The number of aromatic nitrogens is 4. The summed E-state index contributed by atoms with van der Waals surface area (Å²) >= 11 is 7.89. The van der Waals surface area contributed by atoms with Crippen molar-refractivity contribution >= 4 is 64.8 Å². The van der Waals surface area contributed by atoms with Gasteiger partial charge < -0.3 is 10.4 Å². The molecule has 2 aliphatic heterocycles. The Kier molecular flexibility index (Phi) is 6.18. The van der Waals surface area contributed by atoms with Crippen molar-refractivity contribution in [3.63, 3.8) is 0 Å². The van der Waals surface area contributed by atoms with Crippen LogP contribution < -0.4 is 9.37 Å². The summed E-state index contributed by atoms with van der Waals surface area (Å²) in [6.45, 7) is 2.33. The molecule has 164 valence electrons. The molecule has 0 radical (unpaired) electrons. The van der Waals surface area contributed by atoms with Crippen LogP contribution in [-0.2, 0) is 27.3 Å². The number of carboxylic acid groups (broad SMARTS) is 1. The number of carboxylic acids is 1. The van der Waals surface area contributed by atoms with Gasteiger partial charge in [0.25, 0.3) is 9.96 Å². The number of fused-ring (bicyclic) bond motifs is 1. The number of carbonyl (C=O) groups excluding carboxylic acids is 2. The number of thioether (sulfide) groups is 1. The first-order valence-electron chi connectivity index (χ1n) is 9.03. The van der Waals surface area contributed by atoms with E-state index >= 15 is 0 Å². The van der Waals surface area contributed by atoms with E-state index in [0.29, 0.717) is 28.6 Å². The summed E-state index contributed by atoms with van der Waals surface area (Å²) < 4.78 is 1.41. The smallest absolute Gasteiger partial charge is 0.352 e. The summed E-state index contributed by atoms with van der Waals surface area (Å²) in [6.07, 6.45) is -0.00413. The number of aliphatic carboxylic acids is 1. The summed E-state index contributed by atoms with van der Waals surface area (Å²) in [5.41, 5.74) is 0.267. The van der Waals surface area contributed by atoms with Crippen molar-refractivity contribution in [1.29, 1.82) is 0 Å². The highest BCUT2D eigenvalue weighted by molar-refractivity contribution is 8.00. The van der Waals surface area contributed by atoms with Gasteiger partial charge in [0.05, 0.1) is 11.7 Å². The molecule has 0 aromatic carbocycles. The van der Waals surface area contributed by atoms with Gasteiger partial charge in [-0.25, -0.2) is 9.48 Å². The molecule has 3 atom stereocenters. The van der Waals surface area contributed by atoms with Gasteiger partial charge in [-0.15, -0.1) is 16.9 Å². The maximum absolute atomic E-state index is 12.8. The van der Waals surface area contributed by atoms with Crippen molar-refractivity contribution in [3.05, 3.63) is 36.2 Å². The Morgan fingerprint density at radius 1 is 1.42 bits per heavy atom. The third-order valence-electron chi connectivity index (χ3n) is 4.79. The number of thiol groups is 1. The third-order valence-corrected chi connectivity index (χ3v) is 8.60. The number of tetrazole rings is 1. The van der Waals surface area contributed by atoms with Gasteiger partial charge in [0.2, 0.25) is 5.91 Å². The first kappa shape index (κ1) is 22.0. The molecular formula is C16H16N6O5S4. The average molecular weight is 501 g/mol. The molecule has 0 saturated carbocycles. The molecule has 3 unspecified atom stereocenters. The lowest BCUT2D eigenvalue weighted by atomic mass is 10.0. The van der Waals surface area contributed by atoms with Gasteiger partial charge in [0.15, 0.2) is 5.82 Å². The molecule has 2 aromatic rings. The van der Waals surface area contributed by atoms with Crippen LogP contribution in [-0.4, -0.2) is 65.2 Å². The SMILES string of the molecule is CCn1nnnc1C(S)C1=C(C(=O)O)N2C(=O)C(NC(=O)Cc3csc(=O)s3)C2SC1. The fraction of sp³-hybridized carbons (Fsp3) is 0.438. The molecule has 2 aromatic heterocycles. The molecule has 2 N–H and O–H groups in total. The minimum atomic E-state index is -1.25. The van der Waals surface area contributed by atoms with Crippen molar-refractivity contribution in [3.8, 4) is 0 Å². The van der Waals surface area contributed by atoms with Gasteiger partial charge in [-0.05, 0) is 22.9 Å². The minimum Gasteiger partial charge on any atom is -0.477 e. The van der Waals surface area contributed by atoms with Crippen molar-refractivity contribution in [2.45, 2.75) is 36.6 Å². The molecule has 1 saturated heterocycles. The van der Waals surface area contributed by atoms with Crippen molar-refractivity contribution < 1.29 is 19.5 Å². The molecule has 2 aliphatic rings. The predicted octanol–water partition coefficient (Wildman–Crippen LogP) is 0.128. The molecule has 31 heavy (non-hydrogen) atoms. The first-order valence-corrected chi connectivity index (χ1v) is 12.3. The number of hydrogen-bond donors (Lipinski definition) is 3. The highest BCUT2D eigenvalue weighted by Crippen LogP contribution is 2.44. The third kappa shape index (κ3) is 4.02. The van der Waals surface area contributed by atoms with E-state index in [2.05, 4.69) is 33.5 Å². The lowest BCUT2D eigenvalue weighted by molar-refractivity contribution is -0.150. The van der Waals surface area contributed by atoms with E-state index in [1.807, 2.05) is 6.92 Å². The number of rotatable bonds is 7. The standard InChI is InChI=1S/C16H16N6O5S4/c1-2-21-12(18-19-20-21)11(28)7-5-29-14-9(13(24)22(14)10(7)15(25)26)17-8(23)3-6-4-30-16(27)31-6/h4,9,11,14,28H,2-3,5H2,1H3,(H,17,23)(H,25,26).